The maximum Gasteiger partial charge on any atom is 0.276 e. The highest BCUT2D eigenvalue weighted by atomic mass is 16.5. The Labute approximate surface area is 150 Å². The molecule has 0 saturated carbocycles. The molecule has 136 valence electrons. The van der Waals surface area contributed by atoms with Crippen molar-refractivity contribution in [3.63, 3.8) is 0 Å². The number of methoxy groups -OCH3 is 1. The molecule has 1 atom stereocenters. The van der Waals surface area contributed by atoms with Crippen LogP contribution in [0.15, 0.2) is 51.8 Å². The summed E-state index contributed by atoms with van der Waals surface area (Å²) in [5.41, 5.74) is 0.864. The van der Waals surface area contributed by atoms with E-state index < -0.39 is 0 Å². The van der Waals surface area contributed by atoms with Crippen molar-refractivity contribution in [3.05, 3.63) is 60.1 Å². The fourth-order valence-corrected chi connectivity index (χ4v) is 2.28. The predicted molar refractivity (Wildman–Crippen MR) is 90.8 cm³/mol. The first-order chi connectivity index (χ1) is 12.6. The van der Waals surface area contributed by atoms with Gasteiger partial charge in [0, 0.05) is 13.1 Å². The third-order valence-electron chi connectivity index (χ3n) is 3.98. The van der Waals surface area contributed by atoms with Crippen LogP contribution < -0.4 is 9.47 Å². The molecule has 3 aromatic rings. The lowest BCUT2D eigenvalue weighted by atomic mass is 10.2. The Bertz CT molecular complexity index is 842. The maximum absolute atomic E-state index is 12.5. The lowest BCUT2D eigenvalue weighted by Crippen LogP contribution is -2.30. The van der Waals surface area contributed by atoms with E-state index in [9.17, 15) is 4.79 Å². The van der Waals surface area contributed by atoms with Crippen LogP contribution in [0.1, 0.15) is 35.0 Å². The van der Waals surface area contributed by atoms with Gasteiger partial charge in [-0.3, -0.25) is 4.79 Å². The monoisotopic (exact) mass is 357 g/mol. The molecule has 0 unspecified atom stereocenters. The van der Waals surface area contributed by atoms with Crippen LogP contribution in [0, 0.1) is 0 Å². The highest BCUT2D eigenvalue weighted by Crippen LogP contribution is 2.20. The van der Waals surface area contributed by atoms with Crippen LogP contribution in [0.3, 0.4) is 0 Å². The summed E-state index contributed by atoms with van der Waals surface area (Å²) < 4.78 is 20.8. The third-order valence-corrected chi connectivity index (χ3v) is 3.98. The minimum Gasteiger partial charge on any atom is -0.497 e. The first-order valence-corrected chi connectivity index (χ1v) is 7.97. The van der Waals surface area contributed by atoms with Crippen LogP contribution in [0.25, 0.3) is 0 Å². The second-order valence-electron chi connectivity index (χ2n) is 5.61. The summed E-state index contributed by atoms with van der Waals surface area (Å²) in [4.78, 5) is 18.2. The Morgan fingerprint density at radius 1 is 1.23 bits per heavy atom. The van der Waals surface area contributed by atoms with Crippen molar-refractivity contribution in [1.82, 2.24) is 15.0 Å². The maximum atomic E-state index is 12.5. The van der Waals surface area contributed by atoms with Gasteiger partial charge in [-0.05, 0) is 31.2 Å². The van der Waals surface area contributed by atoms with Gasteiger partial charge in [0.05, 0.1) is 13.2 Å². The summed E-state index contributed by atoms with van der Waals surface area (Å²) in [7, 11) is 3.27. The van der Waals surface area contributed by atoms with Crippen molar-refractivity contribution in [1.29, 1.82) is 0 Å². The molecule has 0 aliphatic carbocycles. The van der Waals surface area contributed by atoms with Crippen molar-refractivity contribution < 1.29 is 23.2 Å². The summed E-state index contributed by atoms with van der Waals surface area (Å²) in [6, 6.07) is 8.60. The number of hydrogen-bond donors (Lipinski definition) is 0. The molecule has 0 N–H and O–H groups in total. The molecule has 8 heteroatoms. The van der Waals surface area contributed by atoms with Crippen LogP contribution in [-0.4, -0.2) is 35.1 Å². The quantitative estimate of drug-likeness (QED) is 0.642. The first-order valence-electron chi connectivity index (χ1n) is 7.97. The van der Waals surface area contributed by atoms with E-state index in [-0.39, 0.29) is 24.2 Å². The summed E-state index contributed by atoms with van der Waals surface area (Å²) in [6.07, 6.45) is 2.79. The number of amides is 1. The molecule has 0 bridgehead atoms. The Morgan fingerprint density at radius 3 is 2.62 bits per heavy atom. The number of oxazole rings is 1. The summed E-state index contributed by atoms with van der Waals surface area (Å²) in [5, 5.41) is 3.85. The zero-order chi connectivity index (χ0) is 18.5. The average Bonchev–Trinajstić information content (AvgIpc) is 3.37. The second kappa shape index (κ2) is 7.73. The Hall–Kier alpha value is -3.29. The predicted octanol–water partition coefficient (Wildman–Crippen LogP) is 3.08. The van der Waals surface area contributed by atoms with Crippen LogP contribution in [-0.2, 0) is 6.61 Å². The molecular formula is C18H19N3O5. The first kappa shape index (κ1) is 17.5. The average molecular weight is 357 g/mol. The van der Waals surface area contributed by atoms with Crippen LogP contribution in [0.4, 0.5) is 0 Å². The summed E-state index contributed by atoms with van der Waals surface area (Å²) >= 11 is 0. The SMILES string of the molecule is COc1ccc(OCc2nc(C(=O)N(C)[C@@H](C)c3ccon3)co2)cc1. The van der Waals surface area contributed by atoms with Crippen LogP contribution in [0.2, 0.25) is 0 Å². The minimum absolute atomic E-state index is 0.113. The largest absolute Gasteiger partial charge is 0.497 e. The Balaban J connectivity index is 1.60. The van der Waals surface area contributed by atoms with Gasteiger partial charge in [-0.15, -0.1) is 0 Å². The van der Waals surface area contributed by atoms with E-state index in [1.54, 1.807) is 44.5 Å². The van der Waals surface area contributed by atoms with E-state index in [1.165, 1.54) is 17.4 Å². The van der Waals surface area contributed by atoms with E-state index in [1.807, 2.05) is 6.92 Å². The van der Waals surface area contributed by atoms with Gasteiger partial charge in [-0.1, -0.05) is 5.16 Å². The molecule has 2 heterocycles. The van der Waals surface area contributed by atoms with Gasteiger partial charge in [0.25, 0.3) is 5.91 Å². The van der Waals surface area contributed by atoms with Crippen LogP contribution >= 0.6 is 0 Å². The lowest BCUT2D eigenvalue weighted by Gasteiger charge is -2.21. The zero-order valence-corrected chi connectivity index (χ0v) is 14.7. The molecule has 26 heavy (non-hydrogen) atoms. The van der Waals surface area contributed by atoms with Gasteiger partial charge in [-0.25, -0.2) is 4.98 Å². The van der Waals surface area contributed by atoms with Gasteiger partial charge in [0.1, 0.15) is 29.7 Å². The Morgan fingerprint density at radius 2 is 1.96 bits per heavy atom. The van der Waals surface area contributed by atoms with Crippen molar-refractivity contribution in [2.24, 2.45) is 0 Å². The molecule has 3 rings (SSSR count). The normalized spacial score (nSPS) is 11.8. The van der Waals surface area contributed by atoms with E-state index in [0.717, 1.165) is 5.75 Å². The topological polar surface area (TPSA) is 90.8 Å². The van der Waals surface area contributed by atoms with Crippen LogP contribution in [0.5, 0.6) is 11.5 Å². The molecule has 1 aromatic carbocycles. The second-order valence-corrected chi connectivity index (χ2v) is 5.61. The zero-order valence-electron chi connectivity index (χ0n) is 14.7. The van der Waals surface area contributed by atoms with Crippen molar-refractivity contribution in [3.8, 4) is 11.5 Å². The standard InChI is InChI=1S/C18H19N3O5/c1-12(15-8-9-26-20-15)21(2)18(22)16-10-25-17(19-16)11-24-14-6-4-13(23-3)5-7-14/h4-10,12H,11H2,1-3H3/t12-/m0/s1. The lowest BCUT2D eigenvalue weighted by molar-refractivity contribution is 0.0731. The smallest absolute Gasteiger partial charge is 0.276 e. The fraction of sp³-hybridized carbons (Fsp3) is 0.278. The molecule has 0 fully saturated rings. The highest BCUT2D eigenvalue weighted by Gasteiger charge is 2.23. The van der Waals surface area contributed by atoms with E-state index >= 15 is 0 Å². The number of benzene rings is 1. The number of rotatable bonds is 7. The van der Waals surface area contributed by atoms with Crippen molar-refractivity contribution in [2.45, 2.75) is 19.6 Å². The van der Waals surface area contributed by atoms with Gasteiger partial charge in [0.2, 0.25) is 5.89 Å². The van der Waals surface area contributed by atoms with Gasteiger partial charge < -0.3 is 23.3 Å². The molecule has 0 aliphatic rings. The molecule has 0 spiro atoms. The molecular weight excluding hydrogens is 338 g/mol. The van der Waals surface area contributed by atoms with Gasteiger partial charge in [-0.2, -0.15) is 0 Å². The number of aromatic nitrogens is 2. The fourth-order valence-electron chi connectivity index (χ4n) is 2.28. The van der Waals surface area contributed by atoms with Gasteiger partial charge in [0.15, 0.2) is 12.3 Å². The molecule has 0 aliphatic heterocycles. The molecule has 0 saturated heterocycles. The summed E-state index contributed by atoms with van der Waals surface area (Å²) in [5.74, 6) is 1.42. The number of nitrogens with zero attached hydrogens (tertiary/aromatic N) is 3. The highest BCUT2D eigenvalue weighted by molar-refractivity contribution is 5.92. The van der Waals surface area contributed by atoms with Crippen molar-refractivity contribution in [2.75, 3.05) is 14.2 Å². The van der Waals surface area contributed by atoms with E-state index in [2.05, 4.69) is 10.1 Å². The summed E-state index contributed by atoms with van der Waals surface area (Å²) in [6.45, 7) is 1.96. The van der Waals surface area contributed by atoms with Gasteiger partial charge >= 0.3 is 0 Å². The van der Waals surface area contributed by atoms with E-state index in [4.69, 9.17) is 18.4 Å². The van der Waals surface area contributed by atoms with Crippen molar-refractivity contribution >= 4 is 5.91 Å². The Kier molecular flexibility index (Phi) is 5.21. The third kappa shape index (κ3) is 3.85. The number of carbonyl (C=O) groups is 1. The molecule has 2 aromatic heterocycles. The minimum atomic E-state index is -0.278. The van der Waals surface area contributed by atoms with E-state index in [0.29, 0.717) is 17.3 Å². The molecule has 1 amide bonds. The molecule has 0 radical (unpaired) electrons. The number of ether oxygens (including phenoxy) is 2. The number of carbonyl (C=O) groups excluding carboxylic acids is 1. The number of hydrogen-bond acceptors (Lipinski definition) is 7. The molecule has 8 nitrogen and oxygen atoms in total.